The number of piperidine rings is 1. The average molecular weight is 423 g/mol. The van der Waals surface area contributed by atoms with Crippen LogP contribution in [0.3, 0.4) is 0 Å². The number of hydrogen-bond donors (Lipinski definition) is 0. The van der Waals surface area contributed by atoms with Crippen LogP contribution in [0.15, 0.2) is 21.9 Å². The molecule has 158 valence electrons. The van der Waals surface area contributed by atoms with Gasteiger partial charge in [-0.15, -0.1) is 0 Å². The molecule has 3 atom stereocenters. The maximum Gasteiger partial charge on any atom is 0.410 e. The largest absolute Gasteiger partial charge is 0.444 e. The summed E-state index contributed by atoms with van der Waals surface area (Å²) in [5.74, 6) is -0.0794. The minimum absolute atomic E-state index is 0.0794. The quantitative estimate of drug-likeness (QED) is 0.659. The molecule has 2 aromatic heterocycles. The van der Waals surface area contributed by atoms with E-state index < -0.39 is 16.7 Å². The van der Waals surface area contributed by atoms with Crippen molar-refractivity contribution in [2.24, 2.45) is 13.0 Å². The van der Waals surface area contributed by atoms with Gasteiger partial charge in [0, 0.05) is 31.9 Å². The molecule has 0 aliphatic carbocycles. The number of amides is 1. The third-order valence-electron chi connectivity index (χ3n) is 5.33. The van der Waals surface area contributed by atoms with Crippen molar-refractivity contribution in [2.45, 2.75) is 58.7 Å². The van der Waals surface area contributed by atoms with E-state index in [1.165, 1.54) is 22.4 Å². The molecule has 1 unspecified atom stereocenters. The Balaban J connectivity index is 2.03. The summed E-state index contributed by atoms with van der Waals surface area (Å²) in [7, 11) is 1.53. The number of nitrogens with zero attached hydrogens (tertiary/aromatic N) is 4. The Morgan fingerprint density at radius 1 is 1.24 bits per heavy atom. The van der Waals surface area contributed by atoms with Crippen LogP contribution in [-0.2, 0) is 11.8 Å². The van der Waals surface area contributed by atoms with Crippen molar-refractivity contribution in [3.63, 3.8) is 0 Å². The highest BCUT2D eigenvalue weighted by molar-refractivity contribution is 6.31. The van der Waals surface area contributed by atoms with E-state index >= 15 is 0 Å². The van der Waals surface area contributed by atoms with Gasteiger partial charge in [0.1, 0.15) is 5.60 Å². The van der Waals surface area contributed by atoms with E-state index in [2.05, 4.69) is 4.98 Å². The Bertz CT molecular complexity index is 1070. The number of pyridine rings is 1. The molecule has 0 radical (unpaired) electrons. The van der Waals surface area contributed by atoms with E-state index in [4.69, 9.17) is 16.3 Å². The maximum absolute atomic E-state index is 12.9. The van der Waals surface area contributed by atoms with Crippen molar-refractivity contribution in [1.82, 2.24) is 19.0 Å². The molecule has 2 aromatic rings. The number of ether oxygens (including phenoxy) is 1. The number of aryl methyl sites for hydroxylation is 1. The number of carbonyl (C=O) groups excluding carboxylic acids is 1. The average Bonchev–Trinajstić information content (AvgIpc) is 2.61. The van der Waals surface area contributed by atoms with Crippen molar-refractivity contribution in [2.75, 3.05) is 6.54 Å². The number of hydrogen-bond acceptors (Lipinski definition) is 5. The van der Waals surface area contributed by atoms with E-state index in [0.29, 0.717) is 29.2 Å². The van der Waals surface area contributed by atoms with Crippen LogP contribution >= 0.6 is 11.6 Å². The zero-order valence-electron chi connectivity index (χ0n) is 17.6. The fourth-order valence-corrected chi connectivity index (χ4v) is 4.02. The second kappa shape index (κ2) is 7.48. The van der Waals surface area contributed by atoms with Gasteiger partial charge in [-0.05, 0) is 46.1 Å². The van der Waals surface area contributed by atoms with Crippen LogP contribution < -0.4 is 11.1 Å². The van der Waals surface area contributed by atoms with Crippen molar-refractivity contribution < 1.29 is 9.53 Å². The van der Waals surface area contributed by atoms with E-state index in [0.717, 1.165) is 0 Å². The molecule has 1 amide bonds. The smallest absolute Gasteiger partial charge is 0.410 e. The highest BCUT2D eigenvalue weighted by Crippen LogP contribution is 2.33. The van der Waals surface area contributed by atoms with Gasteiger partial charge in [0.25, 0.3) is 0 Å². The highest BCUT2D eigenvalue weighted by Gasteiger charge is 2.38. The lowest BCUT2D eigenvalue weighted by Gasteiger charge is -2.42. The molecule has 1 aliphatic rings. The van der Waals surface area contributed by atoms with Crippen LogP contribution in [0.2, 0.25) is 5.02 Å². The predicted octanol–water partition coefficient (Wildman–Crippen LogP) is 2.96. The number of carbonyl (C=O) groups is 1. The van der Waals surface area contributed by atoms with Gasteiger partial charge < -0.3 is 14.2 Å². The summed E-state index contributed by atoms with van der Waals surface area (Å²) in [6, 6.07) is 1.19. The van der Waals surface area contributed by atoms with Gasteiger partial charge in [-0.25, -0.2) is 9.78 Å². The third-order valence-corrected chi connectivity index (χ3v) is 5.53. The standard InChI is InChI=1S/C20H27ClN4O4/c1-11-10-24(19(28)29-20(3,4)5)12(2)7-14(11)25-16-15(8-13(21)9-22-16)23(6)17(26)18(25)27/h8-9,11-12,14H,7,10H2,1-6H3/t11-,12+,14?/m0/s1. The van der Waals surface area contributed by atoms with Crippen molar-refractivity contribution in [1.29, 1.82) is 0 Å². The van der Waals surface area contributed by atoms with E-state index in [-0.39, 0.29) is 24.1 Å². The van der Waals surface area contributed by atoms with Crippen LogP contribution in [0, 0.1) is 5.92 Å². The molecule has 0 bridgehead atoms. The van der Waals surface area contributed by atoms with Crippen LogP contribution in [0.1, 0.15) is 47.1 Å². The number of aromatic nitrogens is 3. The second-order valence-electron chi connectivity index (χ2n) is 8.80. The Hall–Kier alpha value is -2.35. The van der Waals surface area contributed by atoms with Crippen LogP contribution in [0.5, 0.6) is 0 Å². The molecular weight excluding hydrogens is 396 g/mol. The molecule has 0 aromatic carbocycles. The van der Waals surface area contributed by atoms with Gasteiger partial charge in [0.2, 0.25) is 0 Å². The number of halogens is 1. The first-order valence-corrected chi connectivity index (χ1v) is 10.0. The van der Waals surface area contributed by atoms with Crippen LogP contribution in [-0.4, -0.2) is 43.3 Å². The van der Waals surface area contributed by atoms with E-state index in [9.17, 15) is 14.4 Å². The van der Waals surface area contributed by atoms with Crippen molar-refractivity contribution in [3.05, 3.63) is 38.0 Å². The SMILES string of the molecule is C[C@@H]1CC(n2c(=O)c(=O)n(C)c3cc(Cl)cnc32)[C@@H](C)CN1C(=O)OC(C)(C)C. The fourth-order valence-electron chi connectivity index (χ4n) is 3.87. The number of rotatable bonds is 1. The Labute approximate surface area is 174 Å². The van der Waals surface area contributed by atoms with E-state index in [1.807, 2.05) is 34.6 Å². The summed E-state index contributed by atoms with van der Waals surface area (Å²) >= 11 is 6.06. The first kappa shape index (κ1) is 21.4. The lowest BCUT2D eigenvalue weighted by molar-refractivity contribution is -0.000678. The van der Waals surface area contributed by atoms with Crippen molar-refractivity contribution >= 4 is 28.9 Å². The minimum Gasteiger partial charge on any atom is -0.444 e. The zero-order chi connectivity index (χ0) is 21.7. The molecular formula is C20H27ClN4O4. The summed E-state index contributed by atoms with van der Waals surface area (Å²) in [6.07, 6.45) is 1.60. The first-order valence-electron chi connectivity index (χ1n) is 9.67. The lowest BCUT2D eigenvalue weighted by atomic mass is 9.89. The van der Waals surface area contributed by atoms with E-state index in [1.54, 1.807) is 11.0 Å². The van der Waals surface area contributed by atoms with Gasteiger partial charge in [0.15, 0.2) is 5.65 Å². The lowest BCUT2D eigenvalue weighted by Crippen LogP contribution is -2.53. The molecule has 0 spiro atoms. The molecule has 3 rings (SSSR count). The predicted molar refractivity (Wildman–Crippen MR) is 111 cm³/mol. The summed E-state index contributed by atoms with van der Waals surface area (Å²) in [5, 5.41) is 0.388. The normalized spacial score (nSPS) is 22.7. The second-order valence-corrected chi connectivity index (χ2v) is 9.23. The van der Waals surface area contributed by atoms with Crippen LogP contribution in [0.4, 0.5) is 4.79 Å². The first-order chi connectivity index (χ1) is 13.4. The molecule has 1 aliphatic heterocycles. The Kier molecular flexibility index (Phi) is 5.51. The summed E-state index contributed by atoms with van der Waals surface area (Å²) in [4.78, 5) is 44.1. The van der Waals surface area contributed by atoms with Gasteiger partial charge in [-0.3, -0.25) is 14.2 Å². The number of fused-ring (bicyclic) bond motifs is 1. The van der Waals surface area contributed by atoms with Gasteiger partial charge in [-0.2, -0.15) is 0 Å². The maximum atomic E-state index is 12.9. The summed E-state index contributed by atoms with van der Waals surface area (Å²) in [5.41, 5.74) is -0.924. The summed E-state index contributed by atoms with van der Waals surface area (Å²) in [6.45, 7) is 9.77. The summed E-state index contributed by atoms with van der Waals surface area (Å²) < 4.78 is 8.27. The molecule has 1 saturated heterocycles. The molecule has 1 fully saturated rings. The fraction of sp³-hybridized carbons (Fsp3) is 0.600. The Morgan fingerprint density at radius 2 is 1.90 bits per heavy atom. The monoisotopic (exact) mass is 422 g/mol. The molecule has 8 nitrogen and oxygen atoms in total. The Morgan fingerprint density at radius 3 is 2.52 bits per heavy atom. The third kappa shape index (κ3) is 4.03. The molecule has 0 N–H and O–H groups in total. The van der Waals surface area contributed by atoms with Gasteiger partial charge in [-0.1, -0.05) is 18.5 Å². The topological polar surface area (TPSA) is 86.4 Å². The minimum atomic E-state index is -0.629. The molecule has 29 heavy (non-hydrogen) atoms. The van der Waals surface area contributed by atoms with Crippen LogP contribution in [0.25, 0.3) is 11.2 Å². The zero-order valence-corrected chi connectivity index (χ0v) is 18.4. The molecule has 0 saturated carbocycles. The van der Waals surface area contributed by atoms with Gasteiger partial charge in [0.05, 0.1) is 10.5 Å². The van der Waals surface area contributed by atoms with Crippen molar-refractivity contribution in [3.8, 4) is 0 Å². The number of likely N-dealkylation sites (tertiary alicyclic amines) is 1. The molecule has 3 heterocycles. The van der Waals surface area contributed by atoms with Gasteiger partial charge >= 0.3 is 17.2 Å². The molecule has 9 heteroatoms. The highest BCUT2D eigenvalue weighted by atomic mass is 35.5.